The number of piperidine rings is 1. The number of nitrogens with two attached hydrogens (primary N) is 1. The number of amides is 1. The molecule has 0 bridgehead atoms. The van der Waals surface area contributed by atoms with E-state index >= 15 is 0 Å². The summed E-state index contributed by atoms with van der Waals surface area (Å²) in [5.74, 6) is 1.41. The summed E-state index contributed by atoms with van der Waals surface area (Å²) in [5, 5.41) is 4.54. The van der Waals surface area contributed by atoms with Crippen LogP contribution in [0.4, 0.5) is 5.82 Å². The van der Waals surface area contributed by atoms with E-state index in [2.05, 4.69) is 15.0 Å². The van der Waals surface area contributed by atoms with E-state index in [1.54, 1.807) is 17.7 Å². The monoisotopic (exact) mass is 392 g/mol. The summed E-state index contributed by atoms with van der Waals surface area (Å²) >= 11 is 0. The van der Waals surface area contributed by atoms with Gasteiger partial charge in [0.2, 0.25) is 5.91 Å². The summed E-state index contributed by atoms with van der Waals surface area (Å²) in [5.41, 5.74) is 6.68. The van der Waals surface area contributed by atoms with Gasteiger partial charge in [-0.15, -0.1) is 0 Å². The topological polar surface area (TPSA) is 99.0 Å². The molecule has 0 unspecified atom stereocenters. The van der Waals surface area contributed by atoms with Crippen LogP contribution in [0.5, 0.6) is 0 Å². The highest BCUT2D eigenvalue weighted by Crippen LogP contribution is 2.28. The second-order valence-corrected chi connectivity index (χ2v) is 7.37. The zero-order valence-corrected chi connectivity index (χ0v) is 16.4. The van der Waals surface area contributed by atoms with E-state index < -0.39 is 5.91 Å². The van der Waals surface area contributed by atoms with Crippen molar-refractivity contribution in [2.75, 3.05) is 18.0 Å². The third-order valence-electron chi connectivity index (χ3n) is 5.44. The minimum Gasteiger partial charge on any atom is -0.366 e. The van der Waals surface area contributed by atoms with Crippen LogP contribution in [-0.4, -0.2) is 38.3 Å². The number of pyridine rings is 1. The van der Waals surface area contributed by atoms with E-state index in [1.165, 1.54) is 10.9 Å². The molecule has 1 amide bonds. The fraction of sp³-hybridized carbons (Fsp3) is 0.333. The van der Waals surface area contributed by atoms with Gasteiger partial charge in [0.25, 0.3) is 0 Å². The van der Waals surface area contributed by atoms with Crippen molar-refractivity contribution < 1.29 is 4.79 Å². The van der Waals surface area contributed by atoms with Crippen LogP contribution in [0.15, 0.2) is 53.5 Å². The lowest BCUT2D eigenvalue weighted by atomic mass is 9.95. The van der Waals surface area contributed by atoms with Gasteiger partial charge in [-0.3, -0.25) is 9.36 Å². The van der Waals surface area contributed by atoms with Crippen LogP contribution in [0, 0.1) is 0 Å². The van der Waals surface area contributed by atoms with Crippen LogP contribution in [0.1, 0.15) is 40.5 Å². The van der Waals surface area contributed by atoms with Gasteiger partial charge in [0.1, 0.15) is 11.6 Å². The first-order chi connectivity index (χ1) is 14.0. The number of nitrogens with zero attached hydrogens (tertiary/aromatic N) is 5. The van der Waals surface area contributed by atoms with Crippen LogP contribution in [0.25, 0.3) is 0 Å². The molecule has 4 rings (SSSR count). The highest BCUT2D eigenvalue weighted by molar-refractivity contribution is 5.92. The number of anilines is 1. The summed E-state index contributed by atoms with van der Waals surface area (Å²) in [7, 11) is 1.70. The Kier molecular flexibility index (Phi) is 5.16. The molecule has 1 aliphatic heterocycles. The minimum absolute atomic E-state index is 0.0880. The van der Waals surface area contributed by atoms with Crippen molar-refractivity contribution in [1.29, 1.82) is 0 Å². The lowest BCUT2D eigenvalue weighted by molar-refractivity contribution is 0.1000. The quantitative estimate of drug-likeness (QED) is 0.710. The van der Waals surface area contributed by atoms with E-state index in [-0.39, 0.29) is 11.6 Å². The van der Waals surface area contributed by atoms with Crippen molar-refractivity contribution in [3.8, 4) is 0 Å². The summed E-state index contributed by atoms with van der Waals surface area (Å²) in [4.78, 5) is 30.4. The van der Waals surface area contributed by atoms with Crippen LogP contribution in [0.2, 0.25) is 0 Å². The smallest absolute Gasteiger partial charge is 0.345 e. The van der Waals surface area contributed by atoms with E-state index in [1.807, 2.05) is 36.4 Å². The molecule has 1 saturated heterocycles. The maximum Gasteiger partial charge on any atom is 0.345 e. The summed E-state index contributed by atoms with van der Waals surface area (Å²) in [6.07, 6.45) is 3.27. The maximum absolute atomic E-state index is 12.6. The van der Waals surface area contributed by atoms with Gasteiger partial charge in [0, 0.05) is 32.3 Å². The standard InChI is InChI=1S/C21H24N6O2/c1-25-21(29)27(14-15-5-3-2-4-6-15)20(24-25)16-9-11-26(12-10-16)18-8-7-17(13-23-18)19(22)28/h2-8,13,16H,9-12,14H2,1H3,(H2,22,28). The van der Waals surface area contributed by atoms with E-state index in [9.17, 15) is 9.59 Å². The average molecular weight is 392 g/mol. The van der Waals surface area contributed by atoms with Gasteiger partial charge in [-0.05, 0) is 30.5 Å². The Morgan fingerprint density at radius 1 is 1.14 bits per heavy atom. The Hall–Kier alpha value is -3.42. The number of rotatable bonds is 5. The van der Waals surface area contributed by atoms with Crippen LogP contribution >= 0.6 is 0 Å². The molecule has 3 heterocycles. The van der Waals surface area contributed by atoms with Crippen LogP contribution in [-0.2, 0) is 13.6 Å². The summed E-state index contributed by atoms with van der Waals surface area (Å²) < 4.78 is 3.21. The fourth-order valence-electron chi connectivity index (χ4n) is 3.83. The van der Waals surface area contributed by atoms with Gasteiger partial charge in [-0.25, -0.2) is 14.5 Å². The maximum atomic E-state index is 12.6. The molecule has 8 nitrogen and oxygen atoms in total. The Bertz CT molecular complexity index is 1050. The fourth-order valence-corrected chi connectivity index (χ4v) is 3.83. The summed E-state index contributed by atoms with van der Waals surface area (Å²) in [6.45, 7) is 2.15. The van der Waals surface area contributed by atoms with Gasteiger partial charge >= 0.3 is 5.69 Å². The Balaban J connectivity index is 1.49. The number of hydrogen-bond acceptors (Lipinski definition) is 5. The van der Waals surface area contributed by atoms with Crippen molar-refractivity contribution in [2.45, 2.75) is 25.3 Å². The van der Waals surface area contributed by atoms with E-state index in [0.717, 1.165) is 43.1 Å². The molecular formula is C21H24N6O2. The Morgan fingerprint density at radius 2 is 1.86 bits per heavy atom. The first kappa shape index (κ1) is 18.9. The van der Waals surface area contributed by atoms with E-state index in [4.69, 9.17) is 5.73 Å². The molecule has 150 valence electrons. The van der Waals surface area contributed by atoms with Crippen molar-refractivity contribution in [3.63, 3.8) is 0 Å². The number of carbonyl (C=O) groups is 1. The van der Waals surface area contributed by atoms with Gasteiger partial charge < -0.3 is 10.6 Å². The lowest BCUT2D eigenvalue weighted by Gasteiger charge is -2.32. The molecule has 0 radical (unpaired) electrons. The molecule has 3 aromatic rings. The van der Waals surface area contributed by atoms with Gasteiger partial charge in [-0.2, -0.15) is 5.10 Å². The van der Waals surface area contributed by atoms with Crippen molar-refractivity contribution >= 4 is 11.7 Å². The minimum atomic E-state index is -0.478. The predicted octanol–water partition coefficient (Wildman–Crippen LogP) is 1.51. The average Bonchev–Trinajstić information content (AvgIpc) is 3.03. The molecule has 8 heteroatoms. The normalized spacial score (nSPS) is 14.9. The van der Waals surface area contributed by atoms with Gasteiger partial charge in [0.05, 0.1) is 12.1 Å². The zero-order chi connectivity index (χ0) is 20.4. The predicted molar refractivity (Wildman–Crippen MR) is 110 cm³/mol. The van der Waals surface area contributed by atoms with Gasteiger partial charge in [-0.1, -0.05) is 30.3 Å². The molecule has 1 aromatic carbocycles. The van der Waals surface area contributed by atoms with Gasteiger partial charge in [0.15, 0.2) is 0 Å². The molecule has 1 fully saturated rings. The molecule has 0 spiro atoms. The summed E-state index contributed by atoms with van der Waals surface area (Å²) in [6, 6.07) is 13.5. The molecule has 1 aliphatic rings. The number of carbonyl (C=O) groups excluding carboxylic acids is 1. The largest absolute Gasteiger partial charge is 0.366 e. The highest BCUT2D eigenvalue weighted by Gasteiger charge is 2.27. The Morgan fingerprint density at radius 3 is 2.48 bits per heavy atom. The lowest BCUT2D eigenvalue weighted by Crippen LogP contribution is -2.35. The second kappa shape index (κ2) is 7.90. The first-order valence-electron chi connectivity index (χ1n) is 9.71. The Labute approximate surface area is 168 Å². The number of benzene rings is 1. The van der Waals surface area contributed by atoms with Crippen LogP contribution in [0.3, 0.4) is 0 Å². The number of hydrogen-bond donors (Lipinski definition) is 1. The number of aromatic nitrogens is 4. The van der Waals surface area contributed by atoms with Crippen molar-refractivity contribution in [1.82, 2.24) is 19.3 Å². The first-order valence-corrected chi connectivity index (χ1v) is 9.71. The molecule has 2 N–H and O–H groups in total. The third-order valence-corrected chi connectivity index (χ3v) is 5.44. The zero-order valence-electron chi connectivity index (χ0n) is 16.4. The number of aryl methyl sites for hydroxylation is 1. The van der Waals surface area contributed by atoms with E-state index in [0.29, 0.717) is 12.1 Å². The number of primary amides is 1. The molecule has 0 saturated carbocycles. The molecular weight excluding hydrogens is 368 g/mol. The highest BCUT2D eigenvalue weighted by atomic mass is 16.2. The third kappa shape index (κ3) is 3.91. The van der Waals surface area contributed by atoms with Crippen molar-refractivity contribution in [2.24, 2.45) is 12.8 Å². The van der Waals surface area contributed by atoms with Crippen molar-refractivity contribution in [3.05, 3.63) is 76.1 Å². The molecule has 0 atom stereocenters. The molecule has 29 heavy (non-hydrogen) atoms. The van der Waals surface area contributed by atoms with Crippen LogP contribution < -0.4 is 16.3 Å². The molecule has 2 aromatic heterocycles. The molecule has 0 aliphatic carbocycles. The SMILES string of the molecule is Cn1nc(C2CCN(c3ccc(C(N)=O)cn3)CC2)n(Cc2ccccc2)c1=O. The second-order valence-electron chi connectivity index (χ2n) is 7.37.